The number of rotatable bonds is 0. The Morgan fingerprint density at radius 2 is 2.24 bits per heavy atom. The maximum absolute atomic E-state index is 5.18. The van der Waals surface area contributed by atoms with Gasteiger partial charge in [-0.2, -0.15) is 0 Å². The number of thiocarbonyl (C=S) groups is 1. The fraction of sp³-hybridized carbons (Fsp3) is 0.308. The van der Waals surface area contributed by atoms with E-state index in [1.807, 2.05) is 0 Å². The van der Waals surface area contributed by atoms with Crippen molar-refractivity contribution in [1.29, 1.82) is 0 Å². The molecule has 1 atom stereocenters. The van der Waals surface area contributed by atoms with E-state index in [2.05, 4.69) is 53.7 Å². The molecule has 1 N–H and O–H groups in total. The molecule has 2 heterocycles. The van der Waals surface area contributed by atoms with E-state index in [0.717, 1.165) is 13.0 Å². The molecule has 88 valence electrons. The van der Waals surface area contributed by atoms with Gasteiger partial charge in [0.25, 0.3) is 0 Å². The van der Waals surface area contributed by atoms with Gasteiger partial charge in [-0.25, -0.2) is 0 Å². The summed E-state index contributed by atoms with van der Waals surface area (Å²) in [6.45, 7) is 3.13. The molecule has 0 amide bonds. The normalized spacial score (nSPS) is 19.4. The molecule has 2 aromatic rings. The number of benzene rings is 1. The average molecular weight is 262 g/mol. The molecular formula is C13H14N2S2. The second-order valence-corrected chi connectivity index (χ2v) is 5.58. The van der Waals surface area contributed by atoms with E-state index in [0.29, 0.717) is 4.32 Å². The molecule has 17 heavy (non-hydrogen) atoms. The minimum Gasteiger partial charge on any atom is -0.356 e. The standard InChI is InChI=1S/C13H14N2S2/c1-8-12-10(6-7-15(8)13(16)17)9-4-2-3-5-11(9)14-12/h2-5,8,14H,6-7H2,1H3,(H,16,17). The zero-order valence-electron chi connectivity index (χ0n) is 9.60. The lowest BCUT2D eigenvalue weighted by atomic mass is 9.99. The molecule has 1 aromatic carbocycles. The van der Waals surface area contributed by atoms with Crippen LogP contribution in [-0.4, -0.2) is 20.7 Å². The van der Waals surface area contributed by atoms with Crippen LogP contribution < -0.4 is 0 Å². The van der Waals surface area contributed by atoms with Crippen LogP contribution in [0.15, 0.2) is 24.3 Å². The number of nitrogens with zero attached hydrogens (tertiary/aromatic N) is 1. The van der Waals surface area contributed by atoms with Gasteiger partial charge in [0, 0.05) is 23.1 Å². The first-order valence-electron chi connectivity index (χ1n) is 5.77. The van der Waals surface area contributed by atoms with Crippen LogP contribution in [0, 0.1) is 0 Å². The minimum atomic E-state index is 0.288. The summed E-state index contributed by atoms with van der Waals surface area (Å²) in [7, 11) is 0. The predicted molar refractivity (Wildman–Crippen MR) is 78.7 cm³/mol. The molecule has 2 nitrogen and oxygen atoms in total. The zero-order chi connectivity index (χ0) is 12.0. The Hall–Kier alpha value is -1.00. The first-order valence-corrected chi connectivity index (χ1v) is 6.63. The van der Waals surface area contributed by atoms with Crippen LogP contribution in [0.4, 0.5) is 0 Å². The van der Waals surface area contributed by atoms with Crippen molar-refractivity contribution in [2.75, 3.05) is 6.54 Å². The maximum atomic E-state index is 5.18. The van der Waals surface area contributed by atoms with Crippen LogP contribution in [0.1, 0.15) is 24.2 Å². The first-order chi connectivity index (χ1) is 8.18. The van der Waals surface area contributed by atoms with Crippen molar-refractivity contribution in [2.45, 2.75) is 19.4 Å². The third-order valence-corrected chi connectivity index (χ3v) is 4.07. The number of thiol groups is 1. The number of para-hydroxylation sites is 1. The summed E-state index contributed by atoms with van der Waals surface area (Å²) in [4.78, 5) is 5.68. The van der Waals surface area contributed by atoms with E-state index < -0.39 is 0 Å². The Morgan fingerprint density at radius 1 is 1.47 bits per heavy atom. The van der Waals surface area contributed by atoms with Crippen molar-refractivity contribution in [1.82, 2.24) is 9.88 Å². The van der Waals surface area contributed by atoms with Gasteiger partial charge in [0.05, 0.1) is 6.04 Å². The fourth-order valence-corrected chi connectivity index (χ4v) is 3.21. The number of hydrogen-bond donors (Lipinski definition) is 2. The molecule has 0 saturated heterocycles. The molecule has 3 rings (SSSR count). The monoisotopic (exact) mass is 262 g/mol. The molecule has 1 aliphatic heterocycles. The Kier molecular flexibility index (Phi) is 2.64. The molecular weight excluding hydrogens is 248 g/mol. The van der Waals surface area contributed by atoms with Gasteiger partial charge in [-0.3, -0.25) is 0 Å². The van der Waals surface area contributed by atoms with Crippen molar-refractivity contribution in [3.63, 3.8) is 0 Å². The Balaban J connectivity index is 2.16. The topological polar surface area (TPSA) is 19.0 Å². The highest BCUT2D eigenvalue weighted by Crippen LogP contribution is 2.34. The summed E-state index contributed by atoms with van der Waals surface area (Å²) in [6.07, 6.45) is 1.03. The first kappa shape index (κ1) is 11.1. The summed E-state index contributed by atoms with van der Waals surface area (Å²) >= 11 is 9.48. The minimum absolute atomic E-state index is 0.288. The second-order valence-electron chi connectivity index (χ2n) is 4.46. The van der Waals surface area contributed by atoms with Crippen LogP contribution in [0.2, 0.25) is 0 Å². The van der Waals surface area contributed by atoms with Crippen LogP contribution in [0.3, 0.4) is 0 Å². The average Bonchev–Trinajstić information content (AvgIpc) is 2.69. The molecule has 1 aromatic heterocycles. The van der Waals surface area contributed by atoms with Crippen LogP contribution >= 0.6 is 24.8 Å². The zero-order valence-corrected chi connectivity index (χ0v) is 11.3. The van der Waals surface area contributed by atoms with Crippen LogP contribution in [0.5, 0.6) is 0 Å². The van der Waals surface area contributed by atoms with Gasteiger partial charge in [-0.15, -0.1) is 12.6 Å². The van der Waals surface area contributed by atoms with Gasteiger partial charge in [-0.05, 0) is 25.0 Å². The number of fused-ring (bicyclic) bond motifs is 3. The Morgan fingerprint density at radius 3 is 3.00 bits per heavy atom. The van der Waals surface area contributed by atoms with Gasteiger partial charge < -0.3 is 9.88 Å². The Bertz CT molecular complexity index is 588. The summed E-state index contributed by atoms with van der Waals surface area (Å²) < 4.78 is 0.682. The van der Waals surface area contributed by atoms with E-state index in [1.54, 1.807) is 0 Å². The molecule has 0 bridgehead atoms. The lowest BCUT2D eigenvalue weighted by Crippen LogP contribution is -2.35. The molecule has 4 heteroatoms. The largest absolute Gasteiger partial charge is 0.356 e. The van der Waals surface area contributed by atoms with Crippen LogP contribution in [-0.2, 0) is 6.42 Å². The van der Waals surface area contributed by atoms with Crippen molar-refractivity contribution >= 4 is 40.1 Å². The highest BCUT2D eigenvalue weighted by atomic mass is 32.1. The highest BCUT2D eigenvalue weighted by molar-refractivity contribution is 8.10. The molecule has 1 unspecified atom stereocenters. The molecule has 0 fully saturated rings. The third kappa shape index (κ3) is 1.67. The Labute approximate surface area is 111 Å². The molecule has 0 saturated carbocycles. The lowest BCUT2D eigenvalue weighted by Gasteiger charge is -2.33. The molecule has 0 aliphatic carbocycles. The van der Waals surface area contributed by atoms with E-state index >= 15 is 0 Å². The van der Waals surface area contributed by atoms with Crippen molar-refractivity contribution in [3.05, 3.63) is 35.5 Å². The number of nitrogens with one attached hydrogen (secondary N) is 1. The van der Waals surface area contributed by atoms with Gasteiger partial charge in [0.2, 0.25) is 0 Å². The molecule has 0 spiro atoms. The number of aromatic nitrogens is 1. The SMILES string of the molecule is CC1c2[nH]c3ccccc3c2CCN1C(=S)S. The summed E-state index contributed by atoms with van der Waals surface area (Å²) in [5, 5.41) is 1.35. The van der Waals surface area contributed by atoms with Crippen molar-refractivity contribution in [2.24, 2.45) is 0 Å². The van der Waals surface area contributed by atoms with E-state index in [1.165, 1.54) is 22.2 Å². The molecule has 1 aliphatic rings. The number of hydrogen-bond acceptors (Lipinski definition) is 1. The fourth-order valence-electron chi connectivity index (χ4n) is 2.69. The molecule has 0 radical (unpaired) electrons. The summed E-state index contributed by atoms with van der Waals surface area (Å²) in [5.41, 5.74) is 3.94. The lowest BCUT2D eigenvalue weighted by molar-refractivity contribution is 0.326. The van der Waals surface area contributed by atoms with Gasteiger partial charge in [-0.1, -0.05) is 30.4 Å². The van der Waals surface area contributed by atoms with Gasteiger partial charge >= 0.3 is 0 Å². The number of H-pyrrole nitrogens is 1. The highest BCUT2D eigenvalue weighted by Gasteiger charge is 2.27. The van der Waals surface area contributed by atoms with Gasteiger partial charge in [0.1, 0.15) is 4.32 Å². The summed E-state index contributed by atoms with van der Waals surface area (Å²) in [5.74, 6) is 0. The number of aromatic amines is 1. The smallest absolute Gasteiger partial charge is 0.133 e. The third-order valence-electron chi connectivity index (χ3n) is 3.58. The quantitative estimate of drug-likeness (QED) is 0.561. The predicted octanol–water partition coefficient (Wildman–Crippen LogP) is 3.30. The van der Waals surface area contributed by atoms with E-state index in [9.17, 15) is 0 Å². The van der Waals surface area contributed by atoms with Crippen molar-refractivity contribution < 1.29 is 0 Å². The van der Waals surface area contributed by atoms with Crippen molar-refractivity contribution in [3.8, 4) is 0 Å². The van der Waals surface area contributed by atoms with E-state index in [4.69, 9.17) is 12.2 Å². The maximum Gasteiger partial charge on any atom is 0.133 e. The van der Waals surface area contributed by atoms with Gasteiger partial charge in [0.15, 0.2) is 0 Å². The van der Waals surface area contributed by atoms with Crippen LogP contribution in [0.25, 0.3) is 10.9 Å². The van der Waals surface area contributed by atoms with E-state index in [-0.39, 0.29) is 6.04 Å². The second kappa shape index (κ2) is 4.03. The summed E-state index contributed by atoms with van der Waals surface area (Å²) in [6, 6.07) is 8.76.